The second-order valence-electron chi connectivity index (χ2n) is 5.67. The van der Waals surface area contributed by atoms with Gasteiger partial charge in [0, 0.05) is 0 Å². The van der Waals surface area contributed by atoms with Gasteiger partial charge in [0.15, 0.2) is 0 Å². The summed E-state index contributed by atoms with van der Waals surface area (Å²) in [5.74, 6) is 0. The van der Waals surface area contributed by atoms with Crippen molar-refractivity contribution in [2.24, 2.45) is 5.41 Å². The number of carbonyl (C=O) groups is 1. The minimum Gasteiger partial charge on any atom is -0.445 e. The molecule has 0 spiro atoms. The smallest absolute Gasteiger partial charge is 0.408 e. The number of benzene rings is 1. The van der Waals surface area contributed by atoms with Crippen LogP contribution in [0.3, 0.4) is 0 Å². The largest absolute Gasteiger partial charge is 0.445 e. The van der Waals surface area contributed by atoms with Crippen LogP contribution in [0.25, 0.3) is 0 Å². The van der Waals surface area contributed by atoms with Crippen LogP contribution in [-0.4, -0.2) is 11.6 Å². The lowest BCUT2D eigenvalue weighted by atomic mass is 9.76. The molecule has 0 aliphatic rings. The van der Waals surface area contributed by atoms with E-state index in [1.807, 2.05) is 51.1 Å². The van der Waals surface area contributed by atoms with Crippen LogP contribution in [0.2, 0.25) is 0 Å². The Bertz CT molecular complexity index is 471. The van der Waals surface area contributed by atoms with Gasteiger partial charge in [-0.2, -0.15) is 5.26 Å². The number of hydrogen-bond acceptors (Lipinski definition) is 3. The van der Waals surface area contributed by atoms with Gasteiger partial charge in [-0.25, -0.2) is 4.79 Å². The van der Waals surface area contributed by atoms with Crippen LogP contribution >= 0.6 is 0 Å². The van der Waals surface area contributed by atoms with Gasteiger partial charge in [-0.15, -0.1) is 0 Å². The zero-order valence-electron chi connectivity index (χ0n) is 11.9. The number of nitrogens with zero attached hydrogens (tertiary/aromatic N) is 1. The van der Waals surface area contributed by atoms with Gasteiger partial charge in [-0.1, -0.05) is 51.1 Å². The van der Waals surface area contributed by atoms with E-state index in [4.69, 9.17) is 4.74 Å². The first-order valence-corrected chi connectivity index (χ1v) is 6.18. The molecule has 1 unspecified atom stereocenters. The average Bonchev–Trinajstić information content (AvgIpc) is 2.36. The van der Waals surface area contributed by atoms with Crippen LogP contribution < -0.4 is 5.32 Å². The highest BCUT2D eigenvalue weighted by Crippen LogP contribution is 2.29. The predicted molar refractivity (Wildman–Crippen MR) is 73.2 cm³/mol. The lowest BCUT2D eigenvalue weighted by Crippen LogP contribution is -2.53. The van der Waals surface area contributed by atoms with Gasteiger partial charge >= 0.3 is 6.09 Å². The third-order valence-electron chi connectivity index (χ3n) is 3.29. The van der Waals surface area contributed by atoms with Gasteiger partial charge in [-0.3, -0.25) is 0 Å². The molecule has 0 radical (unpaired) electrons. The molecule has 0 saturated carbocycles. The number of amides is 1. The summed E-state index contributed by atoms with van der Waals surface area (Å²) in [6.45, 7) is 7.57. The Balaban J connectivity index is 2.59. The van der Waals surface area contributed by atoms with Crippen molar-refractivity contribution in [1.82, 2.24) is 5.32 Å². The minimum atomic E-state index is -0.971. The maximum atomic E-state index is 11.8. The number of carbonyl (C=O) groups excluding carboxylic acids is 1. The molecule has 0 aromatic heterocycles. The molecule has 1 aromatic rings. The van der Waals surface area contributed by atoms with Crippen LogP contribution in [0.1, 0.15) is 33.3 Å². The Labute approximate surface area is 114 Å². The lowest BCUT2D eigenvalue weighted by molar-refractivity contribution is 0.116. The Morgan fingerprint density at radius 2 is 1.84 bits per heavy atom. The first-order valence-electron chi connectivity index (χ1n) is 6.18. The maximum absolute atomic E-state index is 11.8. The van der Waals surface area contributed by atoms with Gasteiger partial charge in [-0.05, 0) is 17.9 Å². The third-order valence-corrected chi connectivity index (χ3v) is 3.29. The fraction of sp³-hybridized carbons (Fsp3) is 0.467. The quantitative estimate of drug-likeness (QED) is 0.907. The van der Waals surface area contributed by atoms with Crippen molar-refractivity contribution in [3.8, 4) is 6.07 Å². The van der Waals surface area contributed by atoms with Gasteiger partial charge in [0.05, 0.1) is 6.07 Å². The number of rotatable bonds is 3. The molecular weight excluding hydrogens is 240 g/mol. The van der Waals surface area contributed by atoms with Crippen molar-refractivity contribution < 1.29 is 9.53 Å². The van der Waals surface area contributed by atoms with Gasteiger partial charge in [0.25, 0.3) is 0 Å². The van der Waals surface area contributed by atoms with Crippen LogP contribution in [0.4, 0.5) is 4.79 Å². The second kappa shape index (κ2) is 5.75. The minimum absolute atomic E-state index is 0.193. The molecule has 4 nitrogen and oxygen atoms in total. The molecule has 1 aromatic carbocycles. The maximum Gasteiger partial charge on any atom is 0.408 e. The number of hydrogen-bond donors (Lipinski definition) is 1. The molecular formula is C15H20N2O2. The molecule has 1 N–H and O–H groups in total. The summed E-state index contributed by atoms with van der Waals surface area (Å²) in [5.41, 5.74) is -0.444. The third kappa shape index (κ3) is 3.99. The van der Waals surface area contributed by atoms with Crippen LogP contribution in [0.15, 0.2) is 30.3 Å². The summed E-state index contributed by atoms with van der Waals surface area (Å²) in [4.78, 5) is 11.8. The van der Waals surface area contributed by atoms with E-state index in [2.05, 4.69) is 11.4 Å². The predicted octanol–water partition coefficient (Wildman–Crippen LogP) is 3.24. The Hall–Kier alpha value is -2.02. The van der Waals surface area contributed by atoms with Crippen molar-refractivity contribution in [3.63, 3.8) is 0 Å². The van der Waals surface area contributed by atoms with E-state index >= 15 is 0 Å². The van der Waals surface area contributed by atoms with Gasteiger partial charge < -0.3 is 10.1 Å². The molecule has 0 aliphatic carbocycles. The van der Waals surface area contributed by atoms with E-state index in [1.165, 1.54) is 0 Å². The van der Waals surface area contributed by atoms with E-state index in [1.54, 1.807) is 6.92 Å². The number of alkyl carbamates (subject to hydrolysis) is 1. The van der Waals surface area contributed by atoms with Crippen molar-refractivity contribution >= 4 is 6.09 Å². The number of nitriles is 1. The van der Waals surface area contributed by atoms with Gasteiger partial charge in [0.1, 0.15) is 12.1 Å². The fourth-order valence-electron chi connectivity index (χ4n) is 1.35. The first kappa shape index (κ1) is 15.0. The highest BCUT2D eigenvalue weighted by atomic mass is 16.5. The fourth-order valence-corrected chi connectivity index (χ4v) is 1.35. The van der Waals surface area contributed by atoms with E-state index in [0.29, 0.717) is 0 Å². The molecule has 0 saturated heterocycles. The SMILES string of the molecule is CC(C)(C)C(C)(C#N)NC(=O)OCc1ccccc1. The highest BCUT2D eigenvalue weighted by molar-refractivity contribution is 5.69. The first-order chi connectivity index (χ1) is 8.78. The highest BCUT2D eigenvalue weighted by Gasteiger charge is 2.39. The standard InChI is InChI=1S/C15H20N2O2/c1-14(2,3)15(4,11-16)17-13(18)19-10-12-8-6-5-7-9-12/h5-9H,10H2,1-4H3,(H,17,18). The summed E-state index contributed by atoms with van der Waals surface area (Å²) >= 11 is 0. The summed E-state index contributed by atoms with van der Waals surface area (Å²) in [6, 6.07) is 11.5. The zero-order chi connectivity index (χ0) is 14.5. The monoisotopic (exact) mass is 260 g/mol. The zero-order valence-corrected chi connectivity index (χ0v) is 11.9. The van der Waals surface area contributed by atoms with E-state index in [0.717, 1.165) is 5.56 Å². The van der Waals surface area contributed by atoms with Crippen LogP contribution in [0.5, 0.6) is 0 Å². The molecule has 1 atom stereocenters. The molecule has 0 heterocycles. The summed E-state index contributed by atoms with van der Waals surface area (Å²) in [6.07, 6.45) is -0.581. The van der Waals surface area contributed by atoms with E-state index in [9.17, 15) is 10.1 Å². The molecule has 1 amide bonds. The molecule has 0 bridgehead atoms. The van der Waals surface area contributed by atoms with Crippen molar-refractivity contribution in [1.29, 1.82) is 5.26 Å². The molecule has 1 rings (SSSR count). The summed E-state index contributed by atoms with van der Waals surface area (Å²) in [7, 11) is 0. The molecule has 0 aliphatic heterocycles. The number of nitrogens with one attached hydrogen (secondary N) is 1. The van der Waals surface area contributed by atoms with E-state index < -0.39 is 11.6 Å². The Morgan fingerprint density at radius 3 is 2.32 bits per heavy atom. The van der Waals surface area contributed by atoms with Crippen molar-refractivity contribution in [3.05, 3.63) is 35.9 Å². The van der Waals surface area contributed by atoms with E-state index in [-0.39, 0.29) is 12.0 Å². The molecule has 4 heteroatoms. The van der Waals surface area contributed by atoms with Crippen molar-refractivity contribution in [2.45, 2.75) is 39.8 Å². The Kier molecular flexibility index (Phi) is 4.55. The van der Waals surface area contributed by atoms with Crippen molar-refractivity contribution in [2.75, 3.05) is 0 Å². The normalized spacial score (nSPS) is 14.1. The molecule has 0 fully saturated rings. The van der Waals surface area contributed by atoms with Crippen LogP contribution in [0, 0.1) is 16.7 Å². The average molecular weight is 260 g/mol. The Morgan fingerprint density at radius 1 is 1.26 bits per heavy atom. The number of ether oxygens (including phenoxy) is 1. The van der Waals surface area contributed by atoms with Crippen LogP contribution in [-0.2, 0) is 11.3 Å². The van der Waals surface area contributed by atoms with Gasteiger partial charge in [0.2, 0.25) is 0 Å². The second-order valence-corrected chi connectivity index (χ2v) is 5.67. The summed E-state index contributed by atoms with van der Waals surface area (Å²) in [5, 5.41) is 11.9. The molecule has 102 valence electrons. The topological polar surface area (TPSA) is 62.1 Å². The summed E-state index contributed by atoms with van der Waals surface area (Å²) < 4.78 is 5.12. The molecule has 19 heavy (non-hydrogen) atoms. The lowest BCUT2D eigenvalue weighted by Gasteiger charge is -2.35.